The third-order valence-electron chi connectivity index (χ3n) is 3.53. The van der Waals surface area contributed by atoms with Gasteiger partial charge in [0.15, 0.2) is 0 Å². The minimum absolute atomic E-state index is 0.0408. The second-order valence-electron chi connectivity index (χ2n) is 5.52. The van der Waals surface area contributed by atoms with E-state index < -0.39 is 0 Å². The zero-order chi connectivity index (χ0) is 16.1. The Morgan fingerprint density at radius 2 is 2.05 bits per heavy atom. The molecule has 2 aromatic rings. The number of anilines is 1. The SMILES string of the molecule is Cc1cc(C(=O)NCCNc2cnccn2)c(C)n1C(C)C. The van der Waals surface area contributed by atoms with Gasteiger partial charge in [-0.2, -0.15) is 0 Å². The van der Waals surface area contributed by atoms with E-state index in [0.29, 0.717) is 24.9 Å². The predicted molar refractivity (Wildman–Crippen MR) is 87.1 cm³/mol. The van der Waals surface area contributed by atoms with Crippen LogP contribution in [-0.2, 0) is 0 Å². The highest BCUT2D eigenvalue weighted by Gasteiger charge is 2.16. The lowest BCUT2D eigenvalue weighted by Gasteiger charge is -2.13. The standard InChI is InChI=1S/C16H23N5O/c1-11(2)21-12(3)9-14(13(21)4)16(22)20-8-7-19-15-10-17-5-6-18-15/h5-6,9-11H,7-8H2,1-4H3,(H,18,19)(H,20,22). The average molecular weight is 301 g/mol. The molecule has 6 heteroatoms. The minimum Gasteiger partial charge on any atom is -0.367 e. The molecule has 0 radical (unpaired) electrons. The van der Waals surface area contributed by atoms with Crippen molar-refractivity contribution in [2.45, 2.75) is 33.7 Å². The van der Waals surface area contributed by atoms with Crippen molar-refractivity contribution in [1.29, 1.82) is 0 Å². The van der Waals surface area contributed by atoms with Gasteiger partial charge in [-0.15, -0.1) is 0 Å². The Bertz CT molecular complexity index is 633. The molecular weight excluding hydrogens is 278 g/mol. The van der Waals surface area contributed by atoms with Crippen LogP contribution < -0.4 is 10.6 Å². The molecule has 1 amide bonds. The molecule has 0 bridgehead atoms. The molecule has 0 aromatic carbocycles. The summed E-state index contributed by atoms with van der Waals surface area (Å²) in [6, 6.07) is 2.29. The second kappa shape index (κ2) is 7.06. The fourth-order valence-electron chi connectivity index (χ4n) is 2.65. The smallest absolute Gasteiger partial charge is 0.253 e. The van der Waals surface area contributed by atoms with Gasteiger partial charge in [0.2, 0.25) is 0 Å². The van der Waals surface area contributed by atoms with Crippen molar-refractivity contribution in [3.05, 3.63) is 41.6 Å². The molecule has 22 heavy (non-hydrogen) atoms. The fourth-order valence-corrected chi connectivity index (χ4v) is 2.65. The van der Waals surface area contributed by atoms with Crippen LogP contribution in [0.1, 0.15) is 41.6 Å². The molecule has 0 fully saturated rings. The predicted octanol–water partition coefficient (Wildman–Crippen LogP) is 2.32. The van der Waals surface area contributed by atoms with Crippen LogP contribution in [0.25, 0.3) is 0 Å². The highest BCUT2D eigenvalue weighted by atomic mass is 16.1. The fraction of sp³-hybridized carbons (Fsp3) is 0.438. The van der Waals surface area contributed by atoms with Crippen LogP contribution >= 0.6 is 0 Å². The topological polar surface area (TPSA) is 71.8 Å². The molecule has 2 aromatic heterocycles. The Morgan fingerprint density at radius 1 is 1.27 bits per heavy atom. The van der Waals surface area contributed by atoms with Crippen LogP contribution in [0.3, 0.4) is 0 Å². The van der Waals surface area contributed by atoms with E-state index in [0.717, 1.165) is 17.0 Å². The van der Waals surface area contributed by atoms with Gasteiger partial charge in [0.05, 0.1) is 11.8 Å². The molecule has 0 unspecified atom stereocenters. The quantitative estimate of drug-likeness (QED) is 0.803. The molecule has 0 aliphatic rings. The van der Waals surface area contributed by atoms with Crippen molar-refractivity contribution >= 4 is 11.7 Å². The summed E-state index contributed by atoms with van der Waals surface area (Å²) in [5.74, 6) is 0.663. The molecule has 2 heterocycles. The number of aromatic nitrogens is 3. The van der Waals surface area contributed by atoms with Gasteiger partial charge in [-0.3, -0.25) is 9.78 Å². The van der Waals surface area contributed by atoms with Gasteiger partial charge in [-0.1, -0.05) is 0 Å². The Morgan fingerprint density at radius 3 is 2.64 bits per heavy atom. The highest BCUT2D eigenvalue weighted by molar-refractivity contribution is 5.95. The van der Waals surface area contributed by atoms with Crippen molar-refractivity contribution < 1.29 is 4.79 Å². The molecule has 118 valence electrons. The zero-order valence-electron chi connectivity index (χ0n) is 13.6. The van der Waals surface area contributed by atoms with Crippen molar-refractivity contribution in [1.82, 2.24) is 19.9 Å². The number of carbonyl (C=O) groups excluding carboxylic acids is 1. The van der Waals surface area contributed by atoms with Gasteiger partial charge in [0, 0.05) is 42.9 Å². The molecule has 0 saturated carbocycles. The van der Waals surface area contributed by atoms with E-state index in [9.17, 15) is 4.79 Å². The number of rotatable bonds is 6. The van der Waals surface area contributed by atoms with Gasteiger partial charge in [0.25, 0.3) is 5.91 Å². The lowest BCUT2D eigenvalue weighted by molar-refractivity contribution is 0.0954. The number of carbonyl (C=O) groups is 1. The minimum atomic E-state index is -0.0408. The maximum Gasteiger partial charge on any atom is 0.253 e. The molecule has 2 N–H and O–H groups in total. The molecule has 6 nitrogen and oxygen atoms in total. The van der Waals surface area contributed by atoms with E-state index in [-0.39, 0.29) is 5.91 Å². The number of amides is 1. The van der Waals surface area contributed by atoms with Crippen molar-refractivity contribution in [2.75, 3.05) is 18.4 Å². The maximum absolute atomic E-state index is 12.3. The summed E-state index contributed by atoms with van der Waals surface area (Å²) in [5, 5.41) is 6.03. The summed E-state index contributed by atoms with van der Waals surface area (Å²) in [6.45, 7) is 9.38. The van der Waals surface area contributed by atoms with Crippen molar-refractivity contribution in [3.8, 4) is 0 Å². The highest BCUT2D eigenvalue weighted by Crippen LogP contribution is 2.19. The maximum atomic E-state index is 12.3. The Kier molecular flexibility index (Phi) is 5.14. The van der Waals surface area contributed by atoms with Crippen LogP contribution in [0.4, 0.5) is 5.82 Å². The first kappa shape index (κ1) is 16.0. The normalized spacial score (nSPS) is 10.8. The van der Waals surface area contributed by atoms with Crippen molar-refractivity contribution in [3.63, 3.8) is 0 Å². The summed E-state index contributed by atoms with van der Waals surface area (Å²) < 4.78 is 2.17. The lowest BCUT2D eigenvalue weighted by atomic mass is 10.2. The van der Waals surface area contributed by atoms with E-state index in [1.54, 1.807) is 18.6 Å². The van der Waals surface area contributed by atoms with E-state index >= 15 is 0 Å². The third-order valence-corrected chi connectivity index (χ3v) is 3.53. The Balaban J connectivity index is 1.89. The largest absolute Gasteiger partial charge is 0.367 e. The summed E-state index contributed by atoms with van der Waals surface area (Å²) in [6.07, 6.45) is 4.90. The molecule has 0 saturated heterocycles. The molecular formula is C16H23N5O. The lowest BCUT2D eigenvalue weighted by Crippen LogP contribution is -2.29. The summed E-state index contributed by atoms with van der Waals surface area (Å²) in [5.41, 5.74) is 2.85. The van der Waals surface area contributed by atoms with E-state index in [4.69, 9.17) is 0 Å². The molecule has 0 spiro atoms. The van der Waals surface area contributed by atoms with Gasteiger partial charge < -0.3 is 15.2 Å². The van der Waals surface area contributed by atoms with E-state index in [1.807, 2.05) is 19.9 Å². The van der Waals surface area contributed by atoms with Crippen LogP contribution in [0.15, 0.2) is 24.7 Å². The number of nitrogens with zero attached hydrogens (tertiary/aromatic N) is 3. The first-order valence-electron chi connectivity index (χ1n) is 7.47. The molecule has 0 atom stereocenters. The first-order chi connectivity index (χ1) is 10.5. The Hall–Kier alpha value is -2.37. The zero-order valence-corrected chi connectivity index (χ0v) is 13.6. The van der Waals surface area contributed by atoms with Crippen molar-refractivity contribution in [2.24, 2.45) is 0 Å². The average Bonchev–Trinajstić information content (AvgIpc) is 2.79. The summed E-state index contributed by atoms with van der Waals surface area (Å²) >= 11 is 0. The Labute approximate surface area is 131 Å². The van der Waals surface area contributed by atoms with E-state index in [1.165, 1.54) is 0 Å². The number of aryl methyl sites for hydroxylation is 1. The van der Waals surface area contributed by atoms with E-state index in [2.05, 4.69) is 39.0 Å². The number of hydrogen-bond donors (Lipinski definition) is 2. The van der Waals surface area contributed by atoms with Gasteiger partial charge in [-0.25, -0.2) is 4.98 Å². The second-order valence-corrected chi connectivity index (χ2v) is 5.52. The van der Waals surface area contributed by atoms with Gasteiger partial charge in [-0.05, 0) is 33.8 Å². The van der Waals surface area contributed by atoms with Crippen LogP contribution in [0.2, 0.25) is 0 Å². The number of hydrogen-bond acceptors (Lipinski definition) is 4. The monoisotopic (exact) mass is 301 g/mol. The summed E-state index contributed by atoms with van der Waals surface area (Å²) in [4.78, 5) is 20.4. The molecule has 2 rings (SSSR count). The molecule has 0 aliphatic heterocycles. The third kappa shape index (κ3) is 3.63. The van der Waals surface area contributed by atoms with Gasteiger partial charge in [0.1, 0.15) is 5.82 Å². The van der Waals surface area contributed by atoms with Gasteiger partial charge >= 0.3 is 0 Å². The first-order valence-corrected chi connectivity index (χ1v) is 7.47. The van der Waals surface area contributed by atoms with Crippen LogP contribution in [0, 0.1) is 13.8 Å². The number of nitrogens with one attached hydrogen (secondary N) is 2. The molecule has 0 aliphatic carbocycles. The van der Waals surface area contributed by atoms with Crippen LogP contribution in [-0.4, -0.2) is 33.5 Å². The summed E-state index contributed by atoms with van der Waals surface area (Å²) in [7, 11) is 0. The van der Waals surface area contributed by atoms with Crippen LogP contribution in [0.5, 0.6) is 0 Å².